The van der Waals surface area contributed by atoms with Gasteiger partial charge in [0.05, 0.1) is 12.2 Å². The molecule has 0 spiro atoms. The normalized spacial score (nSPS) is 21.3. The lowest BCUT2D eigenvalue weighted by Crippen LogP contribution is -2.51. The molecule has 0 radical (unpaired) electrons. The molecule has 1 atom stereocenters. The second-order valence-corrected chi connectivity index (χ2v) is 6.03. The quantitative estimate of drug-likeness (QED) is 0.782. The van der Waals surface area contributed by atoms with E-state index < -0.39 is 11.5 Å². The molecule has 1 heterocycles. The number of carboxylic acid groups (broad SMARTS) is 1. The summed E-state index contributed by atoms with van der Waals surface area (Å²) in [6, 6.07) is 6.87. The Balaban J connectivity index is 2.18. The van der Waals surface area contributed by atoms with Gasteiger partial charge in [-0.25, -0.2) is 4.79 Å². The minimum Gasteiger partial charge on any atom is -0.478 e. The number of hydrogen-bond acceptors (Lipinski definition) is 4. The lowest BCUT2D eigenvalue weighted by atomic mass is 9.90. The molecular weight excluding hydrogens is 294 g/mol. The Labute approximate surface area is 137 Å². The van der Waals surface area contributed by atoms with Crippen molar-refractivity contribution in [3.63, 3.8) is 0 Å². The van der Waals surface area contributed by atoms with Gasteiger partial charge in [0.15, 0.2) is 0 Å². The van der Waals surface area contributed by atoms with Crippen LogP contribution in [0.25, 0.3) is 0 Å². The zero-order valence-electron chi connectivity index (χ0n) is 13.9. The molecule has 1 aliphatic heterocycles. The van der Waals surface area contributed by atoms with Crippen LogP contribution >= 0.6 is 0 Å². The van der Waals surface area contributed by atoms with Gasteiger partial charge in [-0.3, -0.25) is 9.69 Å². The highest BCUT2D eigenvalue weighted by Crippen LogP contribution is 2.36. The maximum Gasteiger partial charge on any atom is 0.335 e. The first-order valence-electron chi connectivity index (χ1n) is 8.28. The summed E-state index contributed by atoms with van der Waals surface area (Å²) >= 11 is 0. The third-order valence-corrected chi connectivity index (χ3v) is 4.52. The maximum atomic E-state index is 12.6. The van der Waals surface area contributed by atoms with E-state index in [0.717, 1.165) is 37.8 Å². The molecule has 1 aliphatic rings. The topological polar surface area (TPSA) is 66.8 Å². The fraction of sp³-hybridized carbons (Fsp3) is 0.556. The highest BCUT2D eigenvalue weighted by Gasteiger charge is 2.47. The molecule has 0 aromatic heterocycles. The molecule has 0 bridgehead atoms. The summed E-state index contributed by atoms with van der Waals surface area (Å²) in [5, 5.41) is 8.97. The van der Waals surface area contributed by atoms with Gasteiger partial charge in [-0.15, -0.1) is 0 Å². The van der Waals surface area contributed by atoms with Crippen molar-refractivity contribution in [2.75, 3.05) is 13.2 Å². The Morgan fingerprint density at radius 2 is 1.96 bits per heavy atom. The summed E-state index contributed by atoms with van der Waals surface area (Å²) in [5.41, 5.74) is 0.762. The zero-order chi connectivity index (χ0) is 16.9. The third kappa shape index (κ3) is 3.72. The van der Waals surface area contributed by atoms with Crippen LogP contribution in [0.2, 0.25) is 0 Å². The van der Waals surface area contributed by atoms with Crippen molar-refractivity contribution in [2.45, 2.75) is 51.6 Å². The van der Waals surface area contributed by atoms with E-state index in [-0.39, 0.29) is 11.5 Å². The zero-order valence-corrected chi connectivity index (χ0v) is 13.9. The number of carbonyl (C=O) groups is 2. The molecule has 0 amide bonds. The molecule has 0 aliphatic carbocycles. The van der Waals surface area contributed by atoms with Gasteiger partial charge >= 0.3 is 11.9 Å². The molecule has 5 nitrogen and oxygen atoms in total. The molecule has 126 valence electrons. The summed E-state index contributed by atoms with van der Waals surface area (Å²) in [6.07, 6.45) is 3.52. The minimum atomic E-state index is -0.926. The van der Waals surface area contributed by atoms with Crippen LogP contribution in [-0.4, -0.2) is 40.6 Å². The number of aromatic carboxylic acids is 1. The predicted molar refractivity (Wildman–Crippen MR) is 87.3 cm³/mol. The molecule has 1 N–H and O–H groups in total. The maximum absolute atomic E-state index is 12.6. The van der Waals surface area contributed by atoms with Crippen LogP contribution in [-0.2, 0) is 16.1 Å². The van der Waals surface area contributed by atoms with Crippen LogP contribution in [0.3, 0.4) is 0 Å². The van der Waals surface area contributed by atoms with E-state index in [4.69, 9.17) is 9.84 Å². The van der Waals surface area contributed by atoms with Crippen molar-refractivity contribution in [2.24, 2.45) is 0 Å². The van der Waals surface area contributed by atoms with E-state index in [1.807, 2.05) is 19.1 Å². The first-order valence-corrected chi connectivity index (χ1v) is 8.28. The van der Waals surface area contributed by atoms with Crippen molar-refractivity contribution >= 4 is 11.9 Å². The molecule has 1 aromatic rings. The number of carbonyl (C=O) groups excluding carboxylic acids is 1. The monoisotopic (exact) mass is 319 g/mol. The average Bonchev–Trinajstić information content (AvgIpc) is 2.92. The number of nitrogens with zero attached hydrogens (tertiary/aromatic N) is 1. The van der Waals surface area contributed by atoms with Crippen molar-refractivity contribution < 1.29 is 19.4 Å². The van der Waals surface area contributed by atoms with E-state index in [0.29, 0.717) is 13.2 Å². The highest BCUT2D eigenvalue weighted by molar-refractivity contribution is 5.87. The van der Waals surface area contributed by atoms with Crippen LogP contribution in [0.4, 0.5) is 0 Å². The molecule has 2 rings (SSSR count). The summed E-state index contributed by atoms with van der Waals surface area (Å²) in [7, 11) is 0. The molecular formula is C18H25NO4. The Hall–Kier alpha value is -1.88. The lowest BCUT2D eigenvalue weighted by molar-refractivity contribution is -0.157. The average molecular weight is 319 g/mol. The molecule has 0 saturated carbocycles. The highest BCUT2D eigenvalue weighted by atomic mass is 16.5. The number of likely N-dealkylation sites (tertiary alicyclic amines) is 1. The van der Waals surface area contributed by atoms with E-state index in [1.165, 1.54) is 0 Å². The van der Waals surface area contributed by atoms with Crippen LogP contribution in [0.15, 0.2) is 24.3 Å². The lowest BCUT2D eigenvalue weighted by Gasteiger charge is -2.36. The first kappa shape index (κ1) is 17.5. The van der Waals surface area contributed by atoms with Gasteiger partial charge in [-0.1, -0.05) is 25.5 Å². The van der Waals surface area contributed by atoms with E-state index in [9.17, 15) is 9.59 Å². The third-order valence-electron chi connectivity index (χ3n) is 4.52. The number of ether oxygens (including phenoxy) is 1. The van der Waals surface area contributed by atoms with Crippen molar-refractivity contribution in [1.29, 1.82) is 0 Å². The van der Waals surface area contributed by atoms with E-state index in [2.05, 4.69) is 11.8 Å². The molecule has 1 unspecified atom stereocenters. The summed E-state index contributed by atoms with van der Waals surface area (Å²) in [6.45, 7) is 5.81. The molecule has 5 heteroatoms. The smallest absolute Gasteiger partial charge is 0.335 e. The summed E-state index contributed by atoms with van der Waals surface area (Å²) in [5.74, 6) is -1.05. The molecule has 23 heavy (non-hydrogen) atoms. The summed E-state index contributed by atoms with van der Waals surface area (Å²) < 4.78 is 5.34. The van der Waals surface area contributed by atoms with Crippen molar-refractivity contribution in [3.05, 3.63) is 35.4 Å². The fourth-order valence-corrected chi connectivity index (χ4v) is 3.43. The van der Waals surface area contributed by atoms with E-state index >= 15 is 0 Å². The van der Waals surface area contributed by atoms with Gasteiger partial charge < -0.3 is 9.84 Å². The van der Waals surface area contributed by atoms with Gasteiger partial charge in [0.25, 0.3) is 0 Å². The number of rotatable bonds is 7. The largest absolute Gasteiger partial charge is 0.478 e. The van der Waals surface area contributed by atoms with Crippen LogP contribution in [0.1, 0.15) is 55.5 Å². The van der Waals surface area contributed by atoms with Gasteiger partial charge in [-0.05, 0) is 50.4 Å². The molecule has 1 fully saturated rings. The van der Waals surface area contributed by atoms with Gasteiger partial charge in [-0.2, -0.15) is 0 Å². The number of esters is 1. The van der Waals surface area contributed by atoms with Crippen LogP contribution < -0.4 is 0 Å². The van der Waals surface area contributed by atoms with Crippen molar-refractivity contribution in [1.82, 2.24) is 4.90 Å². The molecule has 1 saturated heterocycles. The fourth-order valence-electron chi connectivity index (χ4n) is 3.43. The Bertz CT molecular complexity index is 555. The predicted octanol–water partition coefficient (Wildman–Crippen LogP) is 3.08. The Morgan fingerprint density at radius 1 is 1.26 bits per heavy atom. The summed E-state index contributed by atoms with van der Waals surface area (Å²) in [4.78, 5) is 25.7. The second kappa shape index (κ2) is 7.59. The van der Waals surface area contributed by atoms with Gasteiger partial charge in [0.2, 0.25) is 0 Å². The number of hydrogen-bond donors (Lipinski definition) is 1. The standard InChI is InChI=1S/C18H25NO4/c1-3-10-18(17(22)23-4-2)11-5-12-19(18)13-14-6-8-15(9-7-14)16(20)21/h6-9H,3-5,10-13H2,1-2H3,(H,20,21). The molecule has 1 aromatic carbocycles. The second-order valence-electron chi connectivity index (χ2n) is 6.03. The van der Waals surface area contributed by atoms with Gasteiger partial charge in [0.1, 0.15) is 5.54 Å². The minimum absolute atomic E-state index is 0.124. The Kier molecular flexibility index (Phi) is 5.77. The van der Waals surface area contributed by atoms with Gasteiger partial charge in [0, 0.05) is 6.54 Å². The van der Waals surface area contributed by atoms with Crippen LogP contribution in [0.5, 0.6) is 0 Å². The number of carboxylic acids is 1. The first-order chi connectivity index (χ1) is 11.0. The SMILES string of the molecule is CCCC1(C(=O)OCC)CCCN1Cc1ccc(C(=O)O)cc1. The number of benzene rings is 1. The van der Waals surface area contributed by atoms with E-state index in [1.54, 1.807) is 12.1 Å². The van der Waals surface area contributed by atoms with Crippen molar-refractivity contribution in [3.8, 4) is 0 Å². The van der Waals surface area contributed by atoms with Crippen LogP contribution in [0, 0.1) is 0 Å². The Morgan fingerprint density at radius 3 is 2.52 bits per heavy atom.